The molecule has 0 bridgehead atoms. The molecule has 0 saturated heterocycles. The Morgan fingerprint density at radius 3 is 2.50 bits per heavy atom. The van der Waals surface area contributed by atoms with Gasteiger partial charge in [-0.1, -0.05) is 0 Å². The number of anilines is 2. The average Bonchev–Trinajstić information content (AvgIpc) is 3.08. The van der Waals surface area contributed by atoms with Gasteiger partial charge in [0.1, 0.15) is 39.0 Å². The zero-order valence-corrected chi connectivity index (χ0v) is 19.2. The van der Waals surface area contributed by atoms with Gasteiger partial charge in [-0.15, -0.1) is 11.3 Å². The molecule has 3 aromatic rings. The third-order valence-corrected chi connectivity index (χ3v) is 5.78. The average molecular weight is 464 g/mol. The number of nitrogens with one attached hydrogen (secondary N) is 1. The van der Waals surface area contributed by atoms with Gasteiger partial charge in [0.25, 0.3) is 0 Å². The first kappa shape index (κ1) is 23.8. The van der Waals surface area contributed by atoms with Crippen molar-refractivity contribution in [2.45, 2.75) is 33.8 Å². The van der Waals surface area contributed by atoms with E-state index in [9.17, 15) is 14.3 Å². The summed E-state index contributed by atoms with van der Waals surface area (Å²) < 4.78 is 31.0. The van der Waals surface area contributed by atoms with Gasteiger partial charge in [0.2, 0.25) is 0 Å². The van der Waals surface area contributed by atoms with Crippen LogP contribution in [0.15, 0.2) is 18.2 Å². The van der Waals surface area contributed by atoms with Gasteiger partial charge in [-0.05, 0) is 45.4 Å². The van der Waals surface area contributed by atoms with E-state index in [1.165, 1.54) is 12.1 Å². The maximum atomic E-state index is 14.1. The largest absolute Gasteiger partial charge is 0.483 e. The van der Waals surface area contributed by atoms with Gasteiger partial charge in [-0.25, -0.2) is 19.2 Å². The van der Waals surface area contributed by atoms with E-state index >= 15 is 0 Å². The van der Waals surface area contributed by atoms with E-state index < -0.39 is 17.9 Å². The predicted octanol–water partition coefficient (Wildman–Crippen LogP) is 4.71. The molecular weight excluding hydrogens is 437 g/mol. The van der Waals surface area contributed by atoms with Crippen molar-refractivity contribution in [3.8, 4) is 5.75 Å². The Hall–Kier alpha value is -2.82. The molecular formula is C22H26FN3O5S. The normalized spacial score (nSPS) is 11.3. The summed E-state index contributed by atoms with van der Waals surface area (Å²) in [5.41, 5.74) is 1.04. The number of aromatic nitrogens is 2. The molecule has 1 aromatic carbocycles. The van der Waals surface area contributed by atoms with Crippen molar-refractivity contribution >= 4 is 39.0 Å². The van der Waals surface area contributed by atoms with E-state index in [1.54, 1.807) is 19.9 Å². The first-order valence-corrected chi connectivity index (χ1v) is 11.0. The number of carboxylic acid groups (broad SMARTS) is 1. The highest BCUT2D eigenvalue weighted by molar-refractivity contribution is 7.20. The fourth-order valence-corrected chi connectivity index (χ4v) is 4.22. The van der Waals surface area contributed by atoms with E-state index in [0.29, 0.717) is 46.3 Å². The molecule has 3 rings (SSSR count). The molecule has 0 saturated carbocycles. The van der Waals surface area contributed by atoms with Crippen molar-refractivity contribution in [3.63, 3.8) is 0 Å². The topological polar surface area (TPSA) is 103 Å². The first-order chi connectivity index (χ1) is 15.3. The first-order valence-electron chi connectivity index (χ1n) is 10.2. The predicted molar refractivity (Wildman–Crippen MR) is 121 cm³/mol. The van der Waals surface area contributed by atoms with Crippen LogP contribution in [0.4, 0.5) is 15.9 Å². The van der Waals surface area contributed by atoms with Crippen LogP contribution in [0.25, 0.3) is 10.2 Å². The second-order valence-corrected chi connectivity index (χ2v) is 7.98. The molecule has 0 radical (unpaired) electrons. The van der Waals surface area contributed by atoms with Crippen LogP contribution < -0.4 is 10.1 Å². The number of nitrogens with zero attached hydrogens (tertiary/aromatic N) is 2. The Labute approximate surface area is 189 Å². The smallest absolute Gasteiger partial charge is 0.346 e. The Balaban J connectivity index is 1.99. The van der Waals surface area contributed by atoms with Crippen LogP contribution in [0.5, 0.6) is 5.75 Å². The second kappa shape index (κ2) is 10.7. The number of ether oxygens (including phenoxy) is 3. The number of aromatic carboxylic acids is 1. The van der Waals surface area contributed by atoms with E-state index in [2.05, 4.69) is 15.3 Å². The molecule has 2 heterocycles. The van der Waals surface area contributed by atoms with Gasteiger partial charge in [0, 0.05) is 19.3 Å². The zero-order chi connectivity index (χ0) is 23.3. The number of hydrogen-bond acceptors (Lipinski definition) is 8. The standard InChI is InChI=1S/C22H26FN3O5S/c1-5-29-10-15(11-30-6-2)31-17-9-14(23)7-8-16(17)26-20-18-12(3)19(22(27)28)32-21(18)25-13(4)24-20/h7-9,15H,5-6,10-11H2,1-4H3,(H,27,28)(H,24,25,26). The van der Waals surface area contributed by atoms with Crippen LogP contribution >= 0.6 is 11.3 Å². The quantitative estimate of drug-likeness (QED) is 0.421. The lowest BCUT2D eigenvalue weighted by atomic mass is 10.2. The lowest BCUT2D eigenvalue weighted by molar-refractivity contribution is -0.0000492. The number of benzene rings is 1. The van der Waals surface area contributed by atoms with Gasteiger partial charge < -0.3 is 24.6 Å². The van der Waals surface area contributed by atoms with Crippen molar-refractivity contribution in [2.24, 2.45) is 0 Å². The van der Waals surface area contributed by atoms with Gasteiger partial charge >= 0.3 is 5.97 Å². The molecule has 0 unspecified atom stereocenters. The third-order valence-electron chi connectivity index (χ3n) is 4.60. The molecule has 32 heavy (non-hydrogen) atoms. The number of aryl methyl sites for hydroxylation is 2. The Morgan fingerprint density at radius 2 is 1.88 bits per heavy atom. The number of hydrogen-bond donors (Lipinski definition) is 2. The Morgan fingerprint density at radius 1 is 1.19 bits per heavy atom. The number of halogens is 1. The molecule has 8 nitrogen and oxygen atoms in total. The van der Waals surface area contributed by atoms with Gasteiger partial charge in [0.15, 0.2) is 0 Å². The van der Waals surface area contributed by atoms with Crippen molar-refractivity contribution in [3.05, 3.63) is 40.3 Å². The second-order valence-electron chi connectivity index (χ2n) is 6.99. The maximum absolute atomic E-state index is 14.1. The maximum Gasteiger partial charge on any atom is 0.346 e. The van der Waals surface area contributed by atoms with Crippen LogP contribution in [-0.2, 0) is 9.47 Å². The minimum Gasteiger partial charge on any atom is -0.483 e. The third kappa shape index (κ3) is 5.50. The van der Waals surface area contributed by atoms with E-state index in [4.69, 9.17) is 14.2 Å². The number of carbonyl (C=O) groups is 1. The van der Waals surface area contributed by atoms with Crippen molar-refractivity contribution in [1.82, 2.24) is 9.97 Å². The van der Waals surface area contributed by atoms with Crippen molar-refractivity contribution < 1.29 is 28.5 Å². The summed E-state index contributed by atoms with van der Waals surface area (Å²) in [6.07, 6.45) is -0.439. The summed E-state index contributed by atoms with van der Waals surface area (Å²) in [4.78, 5) is 21.2. The highest BCUT2D eigenvalue weighted by Crippen LogP contribution is 2.37. The summed E-state index contributed by atoms with van der Waals surface area (Å²) in [5.74, 6) is -0.300. The molecule has 0 atom stereocenters. The molecule has 0 aliphatic heterocycles. The van der Waals surface area contributed by atoms with Crippen LogP contribution in [0, 0.1) is 19.7 Å². The molecule has 0 aliphatic rings. The summed E-state index contributed by atoms with van der Waals surface area (Å²) in [6, 6.07) is 4.14. The fraction of sp³-hybridized carbons (Fsp3) is 0.409. The summed E-state index contributed by atoms with van der Waals surface area (Å²) in [7, 11) is 0. The lowest BCUT2D eigenvalue weighted by Crippen LogP contribution is -2.29. The number of carboxylic acids is 1. The molecule has 0 amide bonds. The molecule has 172 valence electrons. The summed E-state index contributed by atoms with van der Waals surface area (Å²) in [5, 5.41) is 13.3. The number of rotatable bonds is 11. The monoisotopic (exact) mass is 463 g/mol. The summed E-state index contributed by atoms with van der Waals surface area (Å²) in [6.45, 7) is 8.80. The Bertz CT molecular complexity index is 1100. The minimum absolute atomic E-state index is 0.201. The van der Waals surface area contributed by atoms with E-state index in [1.807, 2.05) is 13.8 Å². The fourth-order valence-electron chi connectivity index (χ4n) is 3.16. The summed E-state index contributed by atoms with van der Waals surface area (Å²) >= 11 is 1.09. The molecule has 2 aromatic heterocycles. The number of fused-ring (bicyclic) bond motifs is 1. The van der Waals surface area contributed by atoms with Gasteiger partial charge in [0.05, 0.1) is 24.3 Å². The highest BCUT2D eigenvalue weighted by Gasteiger charge is 2.21. The molecule has 0 aliphatic carbocycles. The van der Waals surface area contributed by atoms with E-state index in [-0.39, 0.29) is 23.8 Å². The van der Waals surface area contributed by atoms with Crippen LogP contribution in [-0.4, -0.2) is 53.6 Å². The molecule has 2 N–H and O–H groups in total. The van der Waals surface area contributed by atoms with E-state index in [0.717, 1.165) is 11.3 Å². The van der Waals surface area contributed by atoms with Crippen molar-refractivity contribution in [1.29, 1.82) is 0 Å². The van der Waals surface area contributed by atoms with Crippen LogP contribution in [0.2, 0.25) is 0 Å². The van der Waals surface area contributed by atoms with Gasteiger partial charge in [-0.3, -0.25) is 0 Å². The molecule has 0 spiro atoms. The van der Waals surface area contributed by atoms with Crippen LogP contribution in [0.3, 0.4) is 0 Å². The number of thiophene rings is 1. The van der Waals surface area contributed by atoms with Gasteiger partial charge in [-0.2, -0.15) is 0 Å². The molecule has 0 fully saturated rings. The molecule has 10 heteroatoms. The zero-order valence-electron chi connectivity index (χ0n) is 18.4. The lowest BCUT2D eigenvalue weighted by Gasteiger charge is -2.21. The van der Waals surface area contributed by atoms with Crippen molar-refractivity contribution in [2.75, 3.05) is 31.7 Å². The van der Waals surface area contributed by atoms with Crippen LogP contribution in [0.1, 0.15) is 34.9 Å². The SMILES string of the molecule is CCOCC(COCC)Oc1cc(F)ccc1Nc1nc(C)nc2sc(C(=O)O)c(C)c12. The Kier molecular flexibility index (Phi) is 7.94. The highest BCUT2D eigenvalue weighted by atomic mass is 32.1. The minimum atomic E-state index is -1.02.